The lowest BCUT2D eigenvalue weighted by atomic mass is 10.3. The highest BCUT2D eigenvalue weighted by atomic mass is 16.6. The topological polar surface area (TPSA) is 71.3 Å². The van der Waals surface area contributed by atoms with Crippen LogP contribution in [0, 0.1) is 10.1 Å². The summed E-state index contributed by atoms with van der Waals surface area (Å²) < 4.78 is 0. The van der Waals surface area contributed by atoms with Gasteiger partial charge in [0, 0.05) is 33.0 Å². The predicted molar refractivity (Wildman–Crippen MR) is 59.8 cm³/mol. The lowest BCUT2D eigenvalue weighted by Gasteiger charge is -2.16. The summed E-state index contributed by atoms with van der Waals surface area (Å²) >= 11 is 0. The quantitative estimate of drug-likeness (QED) is 0.589. The Balaban J connectivity index is 2.61. The van der Waals surface area contributed by atoms with Crippen LogP contribution in [0.25, 0.3) is 0 Å². The SMILES string of the molecule is CN(C)/C(=C\[N+](=O)[O-])NCc1cccnc1. The molecule has 86 valence electrons. The molecule has 0 fully saturated rings. The maximum Gasteiger partial charge on any atom is 0.274 e. The zero-order chi connectivity index (χ0) is 12.0. The molecule has 0 aliphatic carbocycles. The number of hydrogen-bond donors (Lipinski definition) is 1. The second-order valence-electron chi connectivity index (χ2n) is 3.41. The summed E-state index contributed by atoms with van der Waals surface area (Å²) in [4.78, 5) is 15.5. The first-order chi connectivity index (χ1) is 7.59. The summed E-state index contributed by atoms with van der Waals surface area (Å²) in [6.07, 6.45) is 4.34. The first-order valence-corrected chi connectivity index (χ1v) is 4.75. The third-order valence-corrected chi connectivity index (χ3v) is 1.91. The number of rotatable bonds is 5. The van der Waals surface area contributed by atoms with Crippen molar-refractivity contribution in [1.82, 2.24) is 15.2 Å². The van der Waals surface area contributed by atoms with Gasteiger partial charge in [-0.1, -0.05) is 6.07 Å². The zero-order valence-electron chi connectivity index (χ0n) is 9.25. The molecule has 0 amide bonds. The Hall–Kier alpha value is -2.11. The van der Waals surface area contributed by atoms with Crippen LogP contribution in [0.1, 0.15) is 5.56 Å². The van der Waals surface area contributed by atoms with Crippen molar-refractivity contribution in [3.63, 3.8) is 0 Å². The summed E-state index contributed by atoms with van der Waals surface area (Å²) in [6.45, 7) is 0.506. The molecule has 0 atom stereocenters. The second-order valence-corrected chi connectivity index (χ2v) is 3.41. The molecule has 1 aromatic heterocycles. The Morgan fingerprint density at radius 1 is 1.69 bits per heavy atom. The Labute approximate surface area is 93.7 Å². The molecular formula is C10H14N4O2. The van der Waals surface area contributed by atoms with E-state index < -0.39 is 4.92 Å². The van der Waals surface area contributed by atoms with Crippen molar-refractivity contribution in [2.24, 2.45) is 0 Å². The van der Waals surface area contributed by atoms with Crippen molar-refractivity contribution >= 4 is 0 Å². The molecule has 0 unspecified atom stereocenters. The normalized spacial score (nSPS) is 11.0. The van der Waals surface area contributed by atoms with Gasteiger partial charge >= 0.3 is 0 Å². The van der Waals surface area contributed by atoms with Crippen LogP contribution in [0.3, 0.4) is 0 Å². The average molecular weight is 222 g/mol. The number of hydrogen-bond acceptors (Lipinski definition) is 5. The molecule has 16 heavy (non-hydrogen) atoms. The van der Waals surface area contributed by atoms with Gasteiger partial charge in [0.25, 0.3) is 6.20 Å². The highest BCUT2D eigenvalue weighted by Crippen LogP contribution is 1.99. The Morgan fingerprint density at radius 3 is 2.94 bits per heavy atom. The number of nitrogens with one attached hydrogen (secondary N) is 1. The van der Waals surface area contributed by atoms with Gasteiger partial charge in [0.1, 0.15) is 0 Å². The van der Waals surface area contributed by atoms with Crippen LogP contribution in [0.2, 0.25) is 0 Å². The lowest BCUT2D eigenvalue weighted by molar-refractivity contribution is -0.404. The Morgan fingerprint density at radius 2 is 2.44 bits per heavy atom. The van der Waals surface area contributed by atoms with Gasteiger partial charge in [0.15, 0.2) is 5.82 Å². The summed E-state index contributed by atoms with van der Waals surface area (Å²) in [5.74, 6) is 0.453. The molecule has 0 spiro atoms. The van der Waals surface area contributed by atoms with Crippen molar-refractivity contribution in [1.29, 1.82) is 0 Å². The maximum atomic E-state index is 10.4. The molecule has 0 radical (unpaired) electrons. The van der Waals surface area contributed by atoms with Crippen LogP contribution < -0.4 is 5.32 Å². The molecule has 1 heterocycles. The van der Waals surface area contributed by atoms with E-state index in [0.717, 1.165) is 11.8 Å². The van der Waals surface area contributed by atoms with Gasteiger partial charge in [0.05, 0.1) is 4.92 Å². The van der Waals surface area contributed by atoms with Crippen molar-refractivity contribution in [3.8, 4) is 0 Å². The number of nitro groups is 1. The van der Waals surface area contributed by atoms with Gasteiger partial charge in [-0.25, -0.2) is 0 Å². The number of pyridine rings is 1. The maximum absolute atomic E-state index is 10.4. The molecule has 1 N–H and O–H groups in total. The third-order valence-electron chi connectivity index (χ3n) is 1.91. The van der Waals surface area contributed by atoms with Gasteiger partial charge in [-0.2, -0.15) is 0 Å². The van der Waals surface area contributed by atoms with Crippen molar-refractivity contribution in [2.45, 2.75) is 6.54 Å². The standard InChI is InChI=1S/C10H14N4O2/c1-13(2)10(8-14(15)16)12-7-9-4-3-5-11-6-9/h3-6,8,12H,7H2,1-2H3/b10-8-. The molecule has 6 heteroatoms. The first kappa shape index (κ1) is 12.0. The fourth-order valence-electron chi connectivity index (χ4n) is 1.11. The molecule has 0 aliphatic rings. The molecule has 0 saturated heterocycles. The molecule has 0 aromatic carbocycles. The van der Waals surface area contributed by atoms with Gasteiger partial charge in [-0.3, -0.25) is 15.1 Å². The van der Waals surface area contributed by atoms with Crippen LogP contribution in [0.5, 0.6) is 0 Å². The molecule has 1 aromatic rings. The molecule has 6 nitrogen and oxygen atoms in total. The van der Waals surface area contributed by atoms with Crippen LogP contribution >= 0.6 is 0 Å². The van der Waals surface area contributed by atoms with E-state index in [4.69, 9.17) is 0 Å². The second kappa shape index (κ2) is 5.69. The van der Waals surface area contributed by atoms with E-state index >= 15 is 0 Å². The smallest absolute Gasteiger partial charge is 0.274 e. The highest BCUT2D eigenvalue weighted by Gasteiger charge is 2.04. The molecule has 1 rings (SSSR count). The van der Waals surface area contributed by atoms with Crippen LogP contribution in [0.4, 0.5) is 0 Å². The number of aromatic nitrogens is 1. The van der Waals surface area contributed by atoms with E-state index in [9.17, 15) is 10.1 Å². The van der Waals surface area contributed by atoms with E-state index in [1.807, 2.05) is 12.1 Å². The molecule has 0 bridgehead atoms. The van der Waals surface area contributed by atoms with Gasteiger partial charge in [-0.15, -0.1) is 0 Å². The van der Waals surface area contributed by atoms with Crippen molar-refractivity contribution < 1.29 is 4.92 Å². The average Bonchev–Trinajstić information content (AvgIpc) is 2.25. The van der Waals surface area contributed by atoms with Gasteiger partial charge in [-0.05, 0) is 11.6 Å². The third kappa shape index (κ3) is 3.95. The first-order valence-electron chi connectivity index (χ1n) is 4.75. The van der Waals surface area contributed by atoms with E-state index in [0.29, 0.717) is 12.4 Å². The lowest BCUT2D eigenvalue weighted by Crippen LogP contribution is -2.26. The van der Waals surface area contributed by atoms with Crippen LogP contribution in [-0.2, 0) is 6.54 Å². The molecular weight excluding hydrogens is 208 g/mol. The minimum Gasteiger partial charge on any atom is -0.362 e. The molecule has 0 saturated carbocycles. The van der Waals surface area contributed by atoms with Crippen molar-refractivity contribution in [3.05, 3.63) is 52.2 Å². The van der Waals surface area contributed by atoms with E-state index in [2.05, 4.69) is 10.3 Å². The van der Waals surface area contributed by atoms with Crippen LogP contribution in [-0.4, -0.2) is 28.9 Å². The molecule has 0 aliphatic heterocycles. The van der Waals surface area contributed by atoms with Crippen molar-refractivity contribution in [2.75, 3.05) is 14.1 Å². The minimum absolute atomic E-state index is 0.453. The van der Waals surface area contributed by atoms with Gasteiger partial charge in [0.2, 0.25) is 0 Å². The van der Waals surface area contributed by atoms with Gasteiger partial charge < -0.3 is 10.2 Å². The highest BCUT2D eigenvalue weighted by molar-refractivity contribution is 5.09. The fourth-order valence-corrected chi connectivity index (χ4v) is 1.11. The summed E-state index contributed by atoms with van der Waals surface area (Å²) in [7, 11) is 3.48. The zero-order valence-corrected chi connectivity index (χ0v) is 9.25. The Kier molecular flexibility index (Phi) is 4.26. The van der Waals surface area contributed by atoms with E-state index in [1.165, 1.54) is 0 Å². The minimum atomic E-state index is -0.481. The fraction of sp³-hybridized carbons (Fsp3) is 0.300. The summed E-state index contributed by atoms with van der Waals surface area (Å²) in [5.41, 5.74) is 0.971. The summed E-state index contributed by atoms with van der Waals surface area (Å²) in [6, 6.07) is 3.73. The predicted octanol–water partition coefficient (Wildman–Crippen LogP) is 0.808. The Bertz CT molecular complexity index is 376. The monoisotopic (exact) mass is 222 g/mol. The summed E-state index contributed by atoms with van der Waals surface area (Å²) in [5, 5.41) is 13.3. The van der Waals surface area contributed by atoms with Crippen LogP contribution in [0.15, 0.2) is 36.5 Å². The van der Waals surface area contributed by atoms with E-state index in [1.54, 1.807) is 31.4 Å². The number of nitrogens with zero attached hydrogens (tertiary/aromatic N) is 3. The van der Waals surface area contributed by atoms with E-state index in [-0.39, 0.29) is 0 Å². The largest absolute Gasteiger partial charge is 0.362 e.